The zero-order valence-corrected chi connectivity index (χ0v) is 17.0. The van der Waals surface area contributed by atoms with E-state index in [1.54, 1.807) is 0 Å². The predicted octanol–water partition coefficient (Wildman–Crippen LogP) is 2.75. The maximum atomic E-state index is 12.1. The topological polar surface area (TPSA) is 60.0 Å². The zero-order valence-electron chi connectivity index (χ0n) is 17.0. The third-order valence-electron chi connectivity index (χ3n) is 6.35. The Hall–Kier alpha value is -1.79. The average Bonchev–Trinajstić information content (AvgIpc) is 2.72. The maximum absolute atomic E-state index is 12.1. The standard InChI is InChI=1S/C22H32N2O4/c1-3-6-20-22(28-16(2)21(25)23-20)10-13-24(14-11-22)12-9-17-15-26-18-7-4-5-8-19(18)27-17/h4-5,7-8,16-17,20H,3,6,9-15H2,1-2H3,(H,23,25). The molecule has 0 aliphatic carbocycles. The Labute approximate surface area is 167 Å². The number of carbonyl (C=O) groups excluding carboxylic acids is 1. The van der Waals surface area contributed by atoms with Crippen LogP contribution in [0.5, 0.6) is 11.5 Å². The number of piperidine rings is 1. The van der Waals surface area contributed by atoms with Gasteiger partial charge in [0.05, 0.1) is 11.6 Å². The van der Waals surface area contributed by atoms with Crippen LogP contribution in [0, 0.1) is 0 Å². The van der Waals surface area contributed by atoms with Crippen LogP contribution >= 0.6 is 0 Å². The predicted molar refractivity (Wildman–Crippen MR) is 107 cm³/mol. The lowest BCUT2D eigenvalue weighted by molar-refractivity contribution is -0.181. The summed E-state index contributed by atoms with van der Waals surface area (Å²) in [5.74, 6) is 1.71. The Morgan fingerprint density at radius 2 is 1.93 bits per heavy atom. The summed E-state index contributed by atoms with van der Waals surface area (Å²) >= 11 is 0. The molecule has 3 aliphatic heterocycles. The van der Waals surface area contributed by atoms with E-state index in [-0.39, 0.29) is 29.8 Å². The highest BCUT2D eigenvalue weighted by Gasteiger charge is 2.48. The van der Waals surface area contributed by atoms with Crippen LogP contribution in [0.15, 0.2) is 24.3 Å². The van der Waals surface area contributed by atoms with Gasteiger partial charge in [-0.1, -0.05) is 25.5 Å². The summed E-state index contributed by atoms with van der Waals surface area (Å²) in [7, 11) is 0. The zero-order chi connectivity index (χ0) is 19.6. The first kappa shape index (κ1) is 19.5. The van der Waals surface area contributed by atoms with Gasteiger partial charge < -0.3 is 24.4 Å². The number of rotatable bonds is 5. The van der Waals surface area contributed by atoms with Crippen LogP contribution in [0.2, 0.25) is 0 Å². The Morgan fingerprint density at radius 1 is 1.18 bits per heavy atom. The number of ether oxygens (including phenoxy) is 3. The number of morpholine rings is 1. The molecule has 1 aromatic rings. The molecule has 2 saturated heterocycles. The fourth-order valence-electron chi connectivity index (χ4n) is 4.69. The van der Waals surface area contributed by atoms with Gasteiger partial charge in [-0.25, -0.2) is 0 Å². The molecule has 4 rings (SSSR count). The normalized spacial score (nSPS) is 29.5. The molecule has 28 heavy (non-hydrogen) atoms. The smallest absolute Gasteiger partial charge is 0.249 e. The molecule has 0 saturated carbocycles. The van der Waals surface area contributed by atoms with Gasteiger partial charge in [0.1, 0.15) is 18.8 Å². The number of fused-ring (bicyclic) bond motifs is 1. The van der Waals surface area contributed by atoms with Crippen molar-refractivity contribution < 1.29 is 19.0 Å². The molecule has 0 bridgehead atoms. The van der Waals surface area contributed by atoms with E-state index in [0.717, 1.165) is 63.2 Å². The number of benzene rings is 1. The highest BCUT2D eigenvalue weighted by atomic mass is 16.6. The van der Waals surface area contributed by atoms with Gasteiger partial charge in [-0.2, -0.15) is 0 Å². The fraction of sp³-hybridized carbons (Fsp3) is 0.682. The molecular weight excluding hydrogens is 356 g/mol. The molecule has 6 nitrogen and oxygen atoms in total. The molecule has 3 heterocycles. The second-order valence-electron chi connectivity index (χ2n) is 8.30. The number of para-hydroxylation sites is 2. The van der Waals surface area contributed by atoms with Crippen molar-refractivity contribution in [3.8, 4) is 11.5 Å². The summed E-state index contributed by atoms with van der Waals surface area (Å²) in [6.07, 6.45) is 4.66. The van der Waals surface area contributed by atoms with E-state index < -0.39 is 0 Å². The van der Waals surface area contributed by atoms with E-state index in [1.807, 2.05) is 31.2 Å². The van der Waals surface area contributed by atoms with Crippen molar-refractivity contribution in [2.24, 2.45) is 0 Å². The van der Waals surface area contributed by atoms with E-state index in [0.29, 0.717) is 6.61 Å². The van der Waals surface area contributed by atoms with Gasteiger partial charge in [0, 0.05) is 26.1 Å². The third-order valence-corrected chi connectivity index (χ3v) is 6.35. The molecule has 154 valence electrons. The molecule has 3 aliphatic rings. The Bertz CT molecular complexity index is 687. The van der Waals surface area contributed by atoms with Gasteiger partial charge in [-0.05, 0) is 38.3 Å². The molecule has 0 aromatic heterocycles. The number of nitrogens with one attached hydrogen (secondary N) is 1. The van der Waals surface area contributed by atoms with Gasteiger partial charge in [-0.15, -0.1) is 0 Å². The van der Waals surface area contributed by atoms with Crippen molar-refractivity contribution in [3.05, 3.63) is 24.3 Å². The lowest BCUT2D eigenvalue weighted by Crippen LogP contribution is -2.66. The van der Waals surface area contributed by atoms with E-state index in [4.69, 9.17) is 14.2 Å². The van der Waals surface area contributed by atoms with Crippen LogP contribution in [0.25, 0.3) is 0 Å². The van der Waals surface area contributed by atoms with Gasteiger partial charge in [0.15, 0.2) is 11.5 Å². The van der Waals surface area contributed by atoms with E-state index in [2.05, 4.69) is 17.1 Å². The Morgan fingerprint density at radius 3 is 2.68 bits per heavy atom. The van der Waals surface area contributed by atoms with E-state index in [1.165, 1.54) is 0 Å². The number of hydrogen-bond donors (Lipinski definition) is 1. The van der Waals surface area contributed by atoms with Crippen molar-refractivity contribution in [2.45, 2.75) is 69.8 Å². The maximum Gasteiger partial charge on any atom is 0.249 e. The monoisotopic (exact) mass is 388 g/mol. The van der Waals surface area contributed by atoms with Crippen LogP contribution in [-0.4, -0.2) is 60.9 Å². The first-order valence-corrected chi connectivity index (χ1v) is 10.7. The highest BCUT2D eigenvalue weighted by molar-refractivity contribution is 5.81. The number of hydrogen-bond acceptors (Lipinski definition) is 5. The van der Waals surface area contributed by atoms with Crippen molar-refractivity contribution in [3.63, 3.8) is 0 Å². The van der Waals surface area contributed by atoms with Crippen molar-refractivity contribution >= 4 is 5.91 Å². The van der Waals surface area contributed by atoms with Crippen LogP contribution < -0.4 is 14.8 Å². The molecule has 1 amide bonds. The van der Waals surface area contributed by atoms with Gasteiger partial charge >= 0.3 is 0 Å². The minimum absolute atomic E-state index is 0.0289. The summed E-state index contributed by atoms with van der Waals surface area (Å²) in [6, 6.07) is 8.00. The van der Waals surface area contributed by atoms with Crippen molar-refractivity contribution in [1.29, 1.82) is 0 Å². The van der Waals surface area contributed by atoms with Gasteiger partial charge in [0.2, 0.25) is 5.91 Å². The van der Waals surface area contributed by atoms with E-state index >= 15 is 0 Å². The Balaban J connectivity index is 1.29. The molecule has 0 radical (unpaired) electrons. The molecule has 1 spiro atoms. The van der Waals surface area contributed by atoms with Gasteiger partial charge in [0.25, 0.3) is 0 Å². The summed E-state index contributed by atoms with van der Waals surface area (Å²) in [5, 5.41) is 3.22. The number of amides is 1. The molecule has 3 atom stereocenters. The van der Waals surface area contributed by atoms with Crippen LogP contribution in [0.1, 0.15) is 46.0 Å². The first-order chi connectivity index (χ1) is 13.6. The largest absolute Gasteiger partial charge is 0.486 e. The second-order valence-corrected chi connectivity index (χ2v) is 8.30. The molecule has 1 aromatic carbocycles. The minimum atomic E-state index is -0.354. The lowest BCUT2D eigenvalue weighted by atomic mass is 9.80. The summed E-state index contributed by atoms with van der Waals surface area (Å²) in [4.78, 5) is 14.6. The van der Waals surface area contributed by atoms with Crippen LogP contribution in [0.4, 0.5) is 0 Å². The molecule has 1 N–H and O–H groups in total. The van der Waals surface area contributed by atoms with E-state index in [9.17, 15) is 4.79 Å². The van der Waals surface area contributed by atoms with Crippen molar-refractivity contribution in [1.82, 2.24) is 10.2 Å². The average molecular weight is 389 g/mol. The summed E-state index contributed by atoms with van der Waals surface area (Å²) < 4.78 is 18.2. The highest BCUT2D eigenvalue weighted by Crippen LogP contribution is 2.36. The minimum Gasteiger partial charge on any atom is -0.486 e. The third kappa shape index (κ3) is 3.98. The first-order valence-electron chi connectivity index (χ1n) is 10.7. The lowest BCUT2D eigenvalue weighted by Gasteiger charge is -2.50. The molecule has 2 fully saturated rings. The molecular formula is C22H32N2O4. The van der Waals surface area contributed by atoms with Crippen LogP contribution in [-0.2, 0) is 9.53 Å². The van der Waals surface area contributed by atoms with Crippen molar-refractivity contribution in [2.75, 3.05) is 26.2 Å². The Kier molecular flexibility index (Phi) is 5.78. The quantitative estimate of drug-likeness (QED) is 0.841. The SMILES string of the molecule is CCCC1NC(=O)C(C)OC12CCN(CCC1COc3ccccc3O1)CC2. The fourth-order valence-corrected chi connectivity index (χ4v) is 4.69. The number of nitrogens with zero attached hydrogens (tertiary/aromatic N) is 1. The molecule has 3 unspecified atom stereocenters. The van der Waals surface area contributed by atoms with Gasteiger partial charge in [-0.3, -0.25) is 4.79 Å². The second kappa shape index (κ2) is 8.29. The molecule has 6 heteroatoms. The van der Waals surface area contributed by atoms with Crippen LogP contribution in [0.3, 0.4) is 0 Å². The summed E-state index contributed by atoms with van der Waals surface area (Å²) in [6.45, 7) is 7.62. The number of carbonyl (C=O) groups is 1. The summed E-state index contributed by atoms with van der Waals surface area (Å²) in [5.41, 5.74) is -0.205. The number of likely N-dealkylation sites (tertiary alicyclic amines) is 1.